The summed E-state index contributed by atoms with van der Waals surface area (Å²) >= 11 is 0. The van der Waals surface area contributed by atoms with Gasteiger partial charge in [-0.25, -0.2) is 0 Å². The predicted molar refractivity (Wildman–Crippen MR) is 52.6 cm³/mol. The lowest BCUT2D eigenvalue weighted by Gasteiger charge is -2.02. The van der Waals surface area contributed by atoms with Gasteiger partial charge in [-0.1, -0.05) is 0 Å². The summed E-state index contributed by atoms with van der Waals surface area (Å²) in [5, 5.41) is 10.6. The van der Waals surface area contributed by atoms with Crippen LogP contribution in [-0.4, -0.2) is 33.5 Å². The van der Waals surface area contributed by atoms with Gasteiger partial charge in [-0.05, 0) is 16.0 Å². The van der Waals surface area contributed by atoms with Crippen molar-refractivity contribution in [3.8, 4) is 0 Å². The Morgan fingerprint density at radius 2 is 2.29 bits per heavy atom. The molecule has 0 saturated carbocycles. The average molecular weight is 196 g/mol. The summed E-state index contributed by atoms with van der Waals surface area (Å²) in [6.45, 7) is 0. The zero-order chi connectivity index (χ0) is 10.7. The van der Waals surface area contributed by atoms with Crippen molar-refractivity contribution in [3.63, 3.8) is 0 Å². The van der Waals surface area contributed by atoms with Crippen LogP contribution >= 0.6 is 0 Å². The summed E-state index contributed by atoms with van der Waals surface area (Å²) in [7, 11) is 5.41. The van der Waals surface area contributed by atoms with Crippen LogP contribution < -0.4 is 0 Å². The van der Waals surface area contributed by atoms with Crippen LogP contribution in [0.5, 0.6) is 0 Å². The molecule has 1 heterocycles. The molecule has 0 unspecified atom stereocenters. The fourth-order valence-electron chi connectivity index (χ4n) is 0.980. The number of rotatable bonds is 3. The van der Waals surface area contributed by atoms with E-state index in [-0.39, 0.29) is 5.82 Å². The molecule has 0 radical (unpaired) electrons. The fourth-order valence-corrected chi connectivity index (χ4v) is 0.980. The first-order valence-electron chi connectivity index (χ1n) is 4.02. The summed E-state index contributed by atoms with van der Waals surface area (Å²) in [4.78, 5) is 15.6. The van der Waals surface area contributed by atoms with Gasteiger partial charge in [0.15, 0.2) is 0 Å². The SMILES string of the molecule is CN(C)/C=C\c1c([N+](=O)[O-])ncn1C. The highest BCUT2D eigenvalue weighted by atomic mass is 16.6. The van der Waals surface area contributed by atoms with Gasteiger partial charge in [0.05, 0.1) is 0 Å². The highest BCUT2D eigenvalue weighted by molar-refractivity contribution is 5.53. The molecule has 14 heavy (non-hydrogen) atoms. The lowest BCUT2D eigenvalue weighted by atomic mass is 10.4. The maximum Gasteiger partial charge on any atom is 0.389 e. The van der Waals surface area contributed by atoms with Crippen molar-refractivity contribution in [2.24, 2.45) is 7.05 Å². The molecule has 0 amide bonds. The molecular formula is C8H12N4O2. The van der Waals surface area contributed by atoms with E-state index >= 15 is 0 Å². The number of hydrogen-bond donors (Lipinski definition) is 0. The van der Waals surface area contributed by atoms with Crippen LogP contribution in [-0.2, 0) is 7.05 Å². The number of imidazole rings is 1. The molecule has 76 valence electrons. The van der Waals surface area contributed by atoms with Gasteiger partial charge in [0.2, 0.25) is 6.33 Å². The van der Waals surface area contributed by atoms with Crippen molar-refractivity contribution in [2.45, 2.75) is 0 Å². The van der Waals surface area contributed by atoms with Gasteiger partial charge in [-0.3, -0.25) is 0 Å². The molecule has 0 atom stereocenters. The summed E-state index contributed by atoms with van der Waals surface area (Å²) < 4.78 is 1.61. The van der Waals surface area contributed by atoms with E-state index in [1.165, 1.54) is 6.33 Å². The number of nitrogens with zero attached hydrogens (tertiary/aromatic N) is 4. The summed E-state index contributed by atoms with van der Waals surface area (Å²) in [6, 6.07) is 0. The van der Waals surface area contributed by atoms with E-state index < -0.39 is 4.92 Å². The molecule has 0 aliphatic carbocycles. The number of hydrogen-bond acceptors (Lipinski definition) is 4. The van der Waals surface area contributed by atoms with Crippen LogP contribution in [0.1, 0.15) is 5.69 Å². The second-order valence-electron chi connectivity index (χ2n) is 3.10. The molecule has 0 aliphatic heterocycles. The minimum Gasteiger partial charge on any atom is -0.383 e. The second-order valence-corrected chi connectivity index (χ2v) is 3.10. The fraction of sp³-hybridized carbons (Fsp3) is 0.375. The second kappa shape index (κ2) is 3.91. The van der Waals surface area contributed by atoms with Crippen LogP contribution in [0, 0.1) is 10.1 Å². The molecule has 1 aromatic rings. The van der Waals surface area contributed by atoms with Gasteiger partial charge in [0, 0.05) is 27.3 Å². The van der Waals surface area contributed by atoms with E-state index in [1.54, 1.807) is 28.8 Å². The molecule has 0 fully saturated rings. The Kier molecular flexibility index (Phi) is 2.85. The third-order valence-electron chi connectivity index (χ3n) is 1.67. The van der Waals surface area contributed by atoms with Crippen molar-refractivity contribution >= 4 is 11.9 Å². The molecule has 6 heteroatoms. The Labute approximate surface area is 81.6 Å². The van der Waals surface area contributed by atoms with E-state index in [0.29, 0.717) is 5.69 Å². The van der Waals surface area contributed by atoms with Gasteiger partial charge in [0.25, 0.3) is 0 Å². The maximum atomic E-state index is 10.6. The molecule has 0 saturated heterocycles. The largest absolute Gasteiger partial charge is 0.389 e. The zero-order valence-electron chi connectivity index (χ0n) is 8.34. The Balaban J connectivity index is 3.05. The quantitative estimate of drug-likeness (QED) is 0.531. The highest BCUT2D eigenvalue weighted by Crippen LogP contribution is 2.16. The molecule has 1 rings (SSSR count). The minimum absolute atomic E-state index is 0.120. The van der Waals surface area contributed by atoms with Crippen molar-refractivity contribution < 1.29 is 4.92 Å². The summed E-state index contributed by atoms with van der Waals surface area (Å²) in [5.41, 5.74) is 0.490. The third kappa shape index (κ3) is 2.09. The highest BCUT2D eigenvalue weighted by Gasteiger charge is 2.16. The molecule has 0 aromatic carbocycles. The molecule has 1 aromatic heterocycles. The molecule has 0 spiro atoms. The van der Waals surface area contributed by atoms with Crippen molar-refractivity contribution in [2.75, 3.05) is 14.1 Å². The van der Waals surface area contributed by atoms with Crippen LogP contribution in [0.2, 0.25) is 0 Å². The Bertz CT molecular complexity index is 367. The normalized spacial score (nSPS) is 10.8. The number of aryl methyl sites for hydroxylation is 1. The number of aromatic nitrogens is 2. The first kappa shape index (κ1) is 10.2. The Hall–Kier alpha value is -1.85. The lowest BCUT2D eigenvalue weighted by molar-refractivity contribution is -0.389. The van der Waals surface area contributed by atoms with E-state index in [0.717, 1.165) is 0 Å². The minimum atomic E-state index is -0.491. The summed E-state index contributed by atoms with van der Waals surface area (Å²) in [6.07, 6.45) is 4.82. The van der Waals surface area contributed by atoms with E-state index in [2.05, 4.69) is 4.98 Å². The third-order valence-corrected chi connectivity index (χ3v) is 1.67. The first-order chi connectivity index (χ1) is 6.52. The predicted octanol–water partition coefficient (Wildman–Crippen LogP) is 0.861. The van der Waals surface area contributed by atoms with E-state index in [1.807, 2.05) is 14.1 Å². The maximum absolute atomic E-state index is 10.6. The Morgan fingerprint density at radius 3 is 2.79 bits per heavy atom. The van der Waals surface area contributed by atoms with Crippen LogP contribution in [0.15, 0.2) is 12.5 Å². The van der Waals surface area contributed by atoms with Crippen molar-refractivity contribution in [1.82, 2.24) is 14.5 Å². The average Bonchev–Trinajstić information content (AvgIpc) is 2.43. The van der Waals surface area contributed by atoms with Gasteiger partial charge >= 0.3 is 5.82 Å². The van der Waals surface area contributed by atoms with Crippen molar-refractivity contribution in [3.05, 3.63) is 28.3 Å². The standard InChI is InChI=1S/C8H12N4O2/c1-10(2)5-4-7-8(12(13)14)9-6-11(7)3/h4-6H,1-3H3/b5-4-. The summed E-state index contributed by atoms with van der Waals surface area (Å²) in [5.74, 6) is -0.120. The lowest BCUT2D eigenvalue weighted by Crippen LogP contribution is -2.01. The molecule has 6 nitrogen and oxygen atoms in total. The first-order valence-corrected chi connectivity index (χ1v) is 4.02. The molecule has 0 N–H and O–H groups in total. The van der Waals surface area contributed by atoms with Crippen molar-refractivity contribution in [1.29, 1.82) is 0 Å². The monoisotopic (exact) mass is 196 g/mol. The van der Waals surface area contributed by atoms with Crippen LogP contribution in [0.4, 0.5) is 5.82 Å². The van der Waals surface area contributed by atoms with Gasteiger partial charge < -0.3 is 19.6 Å². The molecular weight excluding hydrogens is 184 g/mol. The topological polar surface area (TPSA) is 64.2 Å². The Morgan fingerprint density at radius 1 is 1.64 bits per heavy atom. The van der Waals surface area contributed by atoms with Gasteiger partial charge in [-0.15, -0.1) is 0 Å². The smallest absolute Gasteiger partial charge is 0.383 e. The van der Waals surface area contributed by atoms with Crippen LogP contribution in [0.3, 0.4) is 0 Å². The van der Waals surface area contributed by atoms with Gasteiger partial charge in [0.1, 0.15) is 5.69 Å². The van der Waals surface area contributed by atoms with Crippen LogP contribution in [0.25, 0.3) is 6.08 Å². The molecule has 0 bridgehead atoms. The van der Waals surface area contributed by atoms with Gasteiger partial charge in [-0.2, -0.15) is 0 Å². The molecule has 0 aliphatic rings. The van der Waals surface area contributed by atoms with E-state index in [4.69, 9.17) is 0 Å². The zero-order valence-corrected chi connectivity index (χ0v) is 8.34. The number of nitro groups is 1. The van der Waals surface area contributed by atoms with E-state index in [9.17, 15) is 10.1 Å².